The minimum Gasteiger partial charge on any atom is -0.494 e. The van der Waals surface area contributed by atoms with Crippen LogP contribution < -0.4 is 9.47 Å². The largest absolute Gasteiger partial charge is 0.494 e. The van der Waals surface area contributed by atoms with E-state index in [4.69, 9.17) is 14.2 Å². The average Bonchev–Trinajstić information content (AvgIpc) is 2.17. The Labute approximate surface area is 78.2 Å². The van der Waals surface area contributed by atoms with Crippen LogP contribution in [-0.2, 0) is 4.74 Å². The van der Waals surface area contributed by atoms with Crippen molar-refractivity contribution in [3.8, 4) is 11.5 Å². The van der Waals surface area contributed by atoms with Gasteiger partial charge >= 0.3 is 0 Å². The molecule has 0 saturated carbocycles. The molecule has 0 aromatic heterocycles. The molecule has 0 fully saturated rings. The van der Waals surface area contributed by atoms with Crippen LogP contribution in [0.5, 0.6) is 11.5 Å². The topological polar surface area (TPSA) is 27.7 Å². The maximum Gasteiger partial charge on any atom is 0.188 e. The van der Waals surface area contributed by atoms with Gasteiger partial charge < -0.3 is 14.2 Å². The highest BCUT2D eigenvalue weighted by molar-refractivity contribution is 5.31. The Morgan fingerprint density at radius 2 is 1.54 bits per heavy atom. The molecule has 1 aromatic carbocycles. The first-order valence-electron chi connectivity index (χ1n) is 4.21. The fourth-order valence-electron chi connectivity index (χ4n) is 0.926. The normalized spacial score (nSPS) is 9.69. The number of benzene rings is 1. The molecule has 0 aliphatic carbocycles. The van der Waals surface area contributed by atoms with Gasteiger partial charge in [0, 0.05) is 7.11 Å². The summed E-state index contributed by atoms with van der Waals surface area (Å²) in [5, 5.41) is 0. The van der Waals surface area contributed by atoms with Crippen LogP contribution in [0, 0.1) is 0 Å². The van der Waals surface area contributed by atoms with Crippen LogP contribution in [0.4, 0.5) is 0 Å². The van der Waals surface area contributed by atoms with Crippen LogP contribution in [0.15, 0.2) is 24.3 Å². The van der Waals surface area contributed by atoms with Crippen molar-refractivity contribution in [2.45, 2.75) is 6.92 Å². The van der Waals surface area contributed by atoms with E-state index >= 15 is 0 Å². The third-order valence-corrected chi connectivity index (χ3v) is 1.48. The number of hydrogen-bond acceptors (Lipinski definition) is 3. The molecule has 0 spiro atoms. The van der Waals surface area contributed by atoms with E-state index in [9.17, 15) is 0 Å². The van der Waals surface area contributed by atoms with Crippen LogP contribution in [0.3, 0.4) is 0 Å². The molecule has 1 aromatic rings. The molecule has 0 atom stereocenters. The zero-order chi connectivity index (χ0) is 9.52. The summed E-state index contributed by atoms with van der Waals surface area (Å²) in [7, 11) is 1.59. The second kappa shape index (κ2) is 5.43. The highest BCUT2D eigenvalue weighted by Crippen LogP contribution is 2.17. The summed E-state index contributed by atoms with van der Waals surface area (Å²) < 4.78 is 15.3. The molecule has 0 saturated heterocycles. The van der Waals surface area contributed by atoms with Gasteiger partial charge in [0.25, 0.3) is 0 Å². The molecular formula is C10H14O3. The lowest BCUT2D eigenvalue weighted by atomic mass is 10.3. The van der Waals surface area contributed by atoms with Gasteiger partial charge in [-0.1, -0.05) is 0 Å². The van der Waals surface area contributed by atoms with Gasteiger partial charge in [0.1, 0.15) is 11.5 Å². The van der Waals surface area contributed by atoms with Crippen molar-refractivity contribution in [2.24, 2.45) is 0 Å². The Morgan fingerprint density at radius 1 is 1.00 bits per heavy atom. The molecule has 3 heteroatoms. The van der Waals surface area contributed by atoms with Crippen LogP contribution in [0.25, 0.3) is 0 Å². The molecule has 0 bridgehead atoms. The summed E-state index contributed by atoms with van der Waals surface area (Å²) in [4.78, 5) is 0. The fraction of sp³-hybridized carbons (Fsp3) is 0.400. The Hall–Kier alpha value is -1.22. The molecule has 0 amide bonds. The van der Waals surface area contributed by atoms with Crippen LogP contribution >= 0.6 is 0 Å². The van der Waals surface area contributed by atoms with Crippen molar-refractivity contribution in [1.82, 2.24) is 0 Å². The zero-order valence-electron chi connectivity index (χ0n) is 7.95. The fourth-order valence-corrected chi connectivity index (χ4v) is 0.926. The molecule has 0 radical (unpaired) electrons. The second-order valence-electron chi connectivity index (χ2n) is 2.46. The van der Waals surface area contributed by atoms with E-state index in [1.54, 1.807) is 7.11 Å². The first-order valence-corrected chi connectivity index (χ1v) is 4.21. The summed E-state index contributed by atoms with van der Waals surface area (Å²) >= 11 is 0. The molecule has 0 heterocycles. The molecule has 0 unspecified atom stereocenters. The van der Waals surface area contributed by atoms with Gasteiger partial charge in [-0.25, -0.2) is 0 Å². The van der Waals surface area contributed by atoms with Crippen molar-refractivity contribution in [3.05, 3.63) is 24.3 Å². The highest BCUT2D eigenvalue weighted by atomic mass is 16.7. The van der Waals surface area contributed by atoms with Crippen molar-refractivity contribution in [1.29, 1.82) is 0 Å². The lowest BCUT2D eigenvalue weighted by Crippen LogP contribution is -1.98. The molecule has 0 N–H and O–H groups in total. The van der Waals surface area contributed by atoms with Gasteiger partial charge in [0.2, 0.25) is 0 Å². The van der Waals surface area contributed by atoms with Gasteiger partial charge in [0.05, 0.1) is 6.61 Å². The Morgan fingerprint density at radius 3 is 2.00 bits per heavy atom. The number of hydrogen-bond donors (Lipinski definition) is 0. The van der Waals surface area contributed by atoms with Crippen molar-refractivity contribution in [2.75, 3.05) is 20.5 Å². The van der Waals surface area contributed by atoms with E-state index in [1.165, 1.54) is 0 Å². The third-order valence-electron chi connectivity index (χ3n) is 1.48. The first kappa shape index (κ1) is 9.86. The minimum atomic E-state index is 0.272. The van der Waals surface area contributed by atoms with E-state index in [0.29, 0.717) is 6.61 Å². The average molecular weight is 182 g/mol. The summed E-state index contributed by atoms with van der Waals surface area (Å²) in [5.41, 5.74) is 0. The standard InChI is InChI=1S/C10H14O3/c1-3-12-9-4-6-10(7-5-9)13-8-11-2/h4-7H,3,8H2,1-2H3. The Kier molecular flexibility index (Phi) is 4.12. The van der Waals surface area contributed by atoms with Crippen molar-refractivity contribution >= 4 is 0 Å². The predicted octanol–water partition coefficient (Wildman–Crippen LogP) is 2.07. The quantitative estimate of drug-likeness (QED) is 0.652. The van der Waals surface area contributed by atoms with E-state index in [2.05, 4.69) is 0 Å². The summed E-state index contributed by atoms with van der Waals surface area (Å²) in [6.07, 6.45) is 0. The van der Waals surface area contributed by atoms with E-state index in [-0.39, 0.29) is 6.79 Å². The van der Waals surface area contributed by atoms with E-state index < -0.39 is 0 Å². The maximum atomic E-state index is 5.28. The lowest BCUT2D eigenvalue weighted by Gasteiger charge is -2.06. The van der Waals surface area contributed by atoms with Crippen LogP contribution in [-0.4, -0.2) is 20.5 Å². The zero-order valence-corrected chi connectivity index (χ0v) is 7.95. The minimum absolute atomic E-state index is 0.272. The van der Waals surface area contributed by atoms with Gasteiger partial charge in [-0.05, 0) is 31.2 Å². The molecule has 13 heavy (non-hydrogen) atoms. The Bertz CT molecular complexity index is 230. The first-order chi connectivity index (χ1) is 6.36. The van der Waals surface area contributed by atoms with Gasteiger partial charge in [-0.2, -0.15) is 0 Å². The molecule has 0 aliphatic heterocycles. The summed E-state index contributed by atoms with van der Waals surface area (Å²) in [6.45, 7) is 2.90. The second-order valence-corrected chi connectivity index (χ2v) is 2.46. The maximum absolute atomic E-state index is 5.28. The SMILES string of the molecule is CCOc1ccc(OCOC)cc1. The van der Waals surface area contributed by atoms with Gasteiger partial charge in [0.15, 0.2) is 6.79 Å². The molecule has 0 aliphatic rings. The van der Waals surface area contributed by atoms with Crippen molar-refractivity contribution < 1.29 is 14.2 Å². The Balaban J connectivity index is 2.48. The number of ether oxygens (including phenoxy) is 3. The number of methoxy groups -OCH3 is 1. The lowest BCUT2D eigenvalue weighted by molar-refractivity contribution is 0.0511. The summed E-state index contributed by atoms with van der Waals surface area (Å²) in [6, 6.07) is 7.44. The molecule has 3 nitrogen and oxygen atoms in total. The number of rotatable bonds is 5. The van der Waals surface area contributed by atoms with E-state index in [1.807, 2.05) is 31.2 Å². The van der Waals surface area contributed by atoms with Crippen molar-refractivity contribution in [3.63, 3.8) is 0 Å². The molecular weight excluding hydrogens is 168 g/mol. The van der Waals surface area contributed by atoms with E-state index in [0.717, 1.165) is 11.5 Å². The molecule has 72 valence electrons. The van der Waals surface area contributed by atoms with Gasteiger partial charge in [-0.3, -0.25) is 0 Å². The monoisotopic (exact) mass is 182 g/mol. The predicted molar refractivity (Wildman–Crippen MR) is 50.1 cm³/mol. The highest BCUT2D eigenvalue weighted by Gasteiger charge is 1.94. The van der Waals surface area contributed by atoms with Crippen LogP contribution in [0.1, 0.15) is 6.92 Å². The molecule has 1 rings (SSSR count). The van der Waals surface area contributed by atoms with Crippen LogP contribution in [0.2, 0.25) is 0 Å². The third kappa shape index (κ3) is 3.34. The van der Waals surface area contributed by atoms with Gasteiger partial charge in [-0.15, -0.1) is 0 Å². The smallest absolute Gasteiger partial charge is 0.188 e. The summed E-state index contributed by atoms with van der Waals surface area (Å²) in [5.74, 6) is 1.64.